The van der Waals surface area contributed by atoms with Crippen LogP contribution in [0.15, 0.2) is 12.3 Å². The van der Waals surface area contributed by atoms with E-state index >= 15 is 0 Å². The lowest BCUT2D eigenvalue weighted by Crippen LogP contribution is -2.26. The highest BCUT2D eigenvalue weighted by Crippen LogP contribution is 2.29. The van der Waals surface area contributed by atoms with Gasteiger partial charge in [-0.25, -0.2) is 4.98 Å². The first-order valence-corrected chi connectivity index (χ1v) is 7.23. The van der Waals surface area contributed by atoms with Gasteiger partial charge in [0, 0.05) is 31.0 Å². The van der Waals surface area contributed by atoms with E-state index in [-0.39, 0.29) is 0 Å². The number of ether oxygens (including phenoxy) is 1. The summed E-state index contributed by atoms with van der Waals surface area (Å²) >= 11 is 0. The average molecular weight is 263 g/mol. The van der Waals surface area contributed by atoms with E-state index in [0.29, 0.717) is 17.8 Å². The molecule has 1 aromatic heterocycles. The highest BCUT2D eigenvalue weighted by molar-refractivity contribution is 5.43. The summed E-state index contributed by atoms with van der Waals surface area (Å²) in [6.07, 6.45) is 5.18. The van der Waals surface area contributed by atoms with Gasteiger partial charge in [-0.2, -0.15) is 0 Å². The number of nitrogens with one attached hydrogen (secondary N) is 1. The van der Waals surface area contributed by atoms with Gasteiger partial charge in [-0.15, -0.1) is 0 Å². The lowest BCUT2D eigenvalue weighted by Gasteiger charge is -2.23. The van der Waals surface area contributed by atoms with Crippen molar-refractivity contribution in [2.24, 2.45) is 5.92 Å². The van der Waals surface area contributed by atoms with E-state index in [9.17, 15) is 0 Å². The van der Waals surface area contributed by atoms with Gasteiger partial charge in [0.15, 0.2) is 0 Å². The summed E-state index contributed by atoms with van der Waals surface area (Å²) in [5, 5.41) is 3.61. The van der Waals surface area contributed by atoms with Crippen LogP contribution in [0.1, 0.15) is 43.4 Å². The normalized spacial score (nSPS) is 20.6. The molecule has 106 valence electrons. The summed E-state index contributed by atoms with van der Waals surface area (Å²) in [4.78, 5) is 4.29. The number of anilines is 1. The number of rotatable bonds is 6. The molecule has 2 atom stereocenters. The molecule has 0 aliphatic carbocycles. The minimum Gasteiger partial charge on any atom is -0.383 e. The number of aromatic nitrogens is 1. The molecule has 1 aliphatic heterocycles. The van der Waals surface area contributed by atoms with E-state index in [0.717, 1.165) is 50.1 Å². The third kappa shape index (κ3) is 3.91. The minimum atomic E-state index is 0.291. The van der Waals surface area contributed by atoms with Gasteiger partial charge in [0.05, 0.1) is 0 Å². The molecule has 19 heavy (non-hydrogen) atoms. The fourth-order valence-corrected chi connectivity index (χ4v) is 2.62. The van der Waals surface area contributed by atoms with Crippen LogP contribution in [0.4, 0.5) is 5.82 Å². The standard InChI is InChI=1S/C15H25N3O/c1-3-5-17-14(8-12-4-6-19-10-12)13-7-11(2)9-18-15(13)16/h7,9,12,14,17H,3-6,8,10H2,1-2H3,(H2,16,18). The Morgan fingerprint density at radius 3 is 3.11 bits per heavy atom. The van der Waals surface area contributed by atoms with E-state index in [1.807, 2.05) is 6.20 Å². The van der Waals surface area contributed by atoms with Gasteiger partial charge < -0.3 is 15.8 Å². The van der Waals surface area contributed by atoms with E-state index in [1.54, 1.807) is 0 Å². The molecule has 4 heteroatoms. The Labute approximate surface area is 115 Å². The smallest absolute Gasteiger partial charge is 0.128 e. The van der Waals surface area contributed by atoms with Gasteiger partial charge in [-0.1, -0.05) is 6.92 Å². The number of pyridine rings is 1. The monoisotopic (exact) mass is 263 g/mol. The number of aryl methyl sites for hydroxylation is 1. The number of nitrogen functional groups attached to an aromatic ring is 1. The van der Waals surface area contributed by atoms with E-state index in [4.69, 9.17) is 10.5 Å². The molecule has 0 amide bonds. The molecule has 0 saturated carbocycles. The van der Waals surface area contributed by atoms with Crippen molar-refractivity contribution >= 4 is 5.82 Å². The third-order valence-electron chi connectivity index (χ3n) is 3.70. The molecular weight excluding hydrogens is 238 g/mol. The van der Waals surface area contributed by atoms with Crippen molar-refractivity contribution in [2.75, 3.05) is 25.5 Å². The van der Waals surface area contributed by atoms with Crippen LogP contribution >= 0.6 is 0 Å². The van der Waals surface area contributed by atoms with E-state index < -0.39 is 0 Å². The molecule has 0 spiro atoms. The van der Waals surface area contributed by atoms with Crippen LogP contribution in [0.2, 0.25) is 0 Å². The topological polar surface area (TPSA) is 60.2 Å². The fourth-order valence-electron chi connectivity index (χ4n) is 2.62. The van der Waals surface area contributed by atoms with Crippen LogP contribution in [-0.4, -0.2) is 24.7 Å². The highest BCUT2D eigenvalue weighted by Gasteiger charge is 2.23. The van der Waals surface area contributed by atoms with Crippen molar-refractivity contribution in [2.45, 2.75) is 39.2 Å². The Kier molecular flexibility index (Phi) is 5.16. The summed E-state index contributed by atoms with van der Waals surface area (Å²) in [5.74, 6) is 1.28. The highest BCUT2D eigenvalue weighted by atomic mass is 16.5. The van der Waals surface area contributed by atoms with Gasteiger partial charge in [0.1, 0.15) is 5.82 Å². The van der Waals surface area contributed by atoms with Crippen LogP contribution in [0, 0.1) is 12.8 Å². The van der Waals surface area contributed by atoms with E-state index in [1.165, 1.54) is 0 Å². The fraction of sp³-hybridized carbons (Fsp3) is 0.667. The van der Waals surface area contributed by atoms with Crippen molar-refractivity contribution in [3.8, 4) is 0 Å². The Balaban J connectivity index is 2.12. The molecule has 1 saturated heterocycles. The molecular formula is C15H25N3O. The maximum absolute atomic E-state index is 6.05. The molecule has 1 aromatic rings. The van der Waals surface area contributed by atoms with Gasteiger partial charge in [0.25, 0.3) is 0 Å². The summed E-state index contributed by atoms with van der Waals surface area (Å²) < 4.78 is 5.48. The van der Waals surface area contributed by atoms with Crippen molar-refractivity contribution < 1.29 is 4.74 Å². The number of hydrogen-bond donors (Lipinski definition) is 2. The zero-order chi connectivity index (χ0) is 13.7. The third-order valence-corrected chi connectivity index (χ3v) is 3.70. The largest absolute Gasteiger partial charge is 0.383 e. The first kappa shape index (κ1) is 14.3. The SMILES string of the molecule is CCCNC(CC1CCOC1)c1cc(C)cnc1N. The van der Waals surface area contributed by atoms with Crippen molar-refractivity contribution in [3.63, 3.8) is 0 Å². The van der Waals surface area contributed by atoms with Gasteiger partial charge >= 0.3 is 0 Å². The maximum Gasteiger partial charge on any atom is 0.128 e. The lowest BCUT2D eigenvalue weighted by atomic mass is 9.93. The lowest BCUT2D eigenvalue weighted by molar-refractivity contribution is 0.181. The summed E-state index contributed by atoms with van der Waals surface area (Å²) in [7, 11) is 0. The predicted molar refractivity (Wildman–Crippen MR) is 78.0 cm³/mol. The quantitative estimate of drug-likeness (QED) is 0.827. The molecule has 4 nitrogen and oxygen atoms in total. The van der Waals surface area contributed by atoms with E-state index in [2.05, 4.69) is 30.2 Å². The van der Waals surface area contributed by atoms with Crippen LogP contribution in [0.5, 0.6) is 0 Å². The molecule has 0 radical (unpaired) electrons. The molecule has 2 unspecified atom stereocenters. The summed E-state index contributed by atoms with van der Waals surface area (Å²) in [5.41, 5.74) is 8.36. The Hall–Kier alpha value is -1.13. The molecule has 2 heterocycles. The van der Waals surface area contributed by atoms with Gasteiger partial charge in [0.2, 0.25) is 0 Å². The Morgan fingerprint density at radius 2 is 2.42 bits per heavy atom. The van der Waals surface area contributed by atoms with Gasteiger partial charge in [-0.3, -0.25) is 0 Å². The second-order valence-electron chi connectivity index (χ2n) is 5.46. The summed E-state index contributed by atoms with van der Waals surface area (Å²) in [6, 6.07) is 2.45. The van der Waals surface area contributed by atoms with Crippen molar-refractivity contribution in [3.05, 3.63) is 23.4 Å². The molecule has 0 bridgehead atoms. The van der Waals surface area contributed by atoms with Crippen LogP contribution in [0.25, 0.3) is 0 Å². The minimum absolute atomic E-state index is 0.291. The first-order valence-electron chi connectivity index (χ1n) is 7.23. The zero-order valence-corrected chi connectivity index (χ0v) is 12.0. The van der Waals surface area contributed by atoms with Crippen LogP contribution in [-0.2, 0) is 4.74 Å². The second-order valence-corrected chi connectivity index (χ2v) is 5.46. The van der Waals surface area contributed by atoms with Crippen molar-refractivity contribution in [1.82, 2.24) is 10.3 Å². The van der Waals surface area contributed by atoms with Crippen LogP contribution in [0.3, 0.4) is 0 Å². The summed E-state index contributed by atoms with van der Waals surface area (Å²) in [6.45, 7) is 7.02. The molecule has 1 aliphatic rings. The van der Waals surface area contributed by atoms with Crippen molar-refractivity contribution in [1.29, 1.82) is 0 Å². The molecule has 3 N–H and O–H groups in total. The van der Waals surface area contributed by atoms with Crippen LogP contribution < -0.4 is 11.1 Å². The maximum atomic E-state index is 6.05. The molecule has 0 aromatic carbocycles. The number of hydrogen-bond acceptors (Lipinski definition) is 4. The zero-order valence-electron chi connectivity index (χ0n) is 12.0. The second kappa shape index (κ2) is 6.87. The molecule has 1 fully saturated rings. The number of nitrogens with two attached hydrogens (primary N) is 1. The first-order chi connectivity index (χ1) is 9.20. The Bertz CT molecular complexity index is 402. The molecule has 2 rings (SSSR count). The predicted octanol–water partition coefficient (Wildman–Crippen LogP) is 2.44. The van der Waals surface area contributed by atoms with Gasteiger partial charge in [-0.05, 0) is 50.3 Å². The Morgan fingerprint density at radius 1 is 1.58 bits per heavy atom. The average Bonchev–Trinajstić information content (AvgIpc) is 2.90. The number of nitrogens with zero attached hydrogens (tertiary/aromatic N) is 1.